The van der Waals surface area contributed by atoms with Crippen LogP contribution in [0.3, 0.4) is 0 Å². The van der Waals surface area contributed by atoms with Crippen LogP contribution in [0.5, 0.6) is 0 Å². The molecule has 0 fully saturated rings. The quantitative estimate of drug-likeness (QED) is 0.676. The number of hydrogen-bond acceptors (Lipinski definition) is 1. The average Bonchev–Trinajstić information content (AvgIpc) is 1.99. The fraction of sp³-hybridized carbons (Fsp3) is 0.538. The second-order valence-corrected chi connectivity index (χ2v) is 5.77. The van der Waals surface area contributed by atoms with Crippen molar-refractivity contribution in [1.82, 2.24) is 0 Å². The molecule has 1 unspecified atom stereocenters. The molecule has 1 rings (SSSR count). The van der Waals surface area contributed by atoms with Crippen LogP contribution < -0.4 is 0 Å². The molecule has 0 N–H and O–H groups in total. The monoisotopic (exact) mass is 244 g/mol. The highest BCUT2D eigenvalue weighted by atomic mass is 32.2. The number of aryl methyl sites for hydroxylation is 2. The van der Waals surface area contributed by atoms with E-state index in [4.69, 9.17) is 0 Å². The van der Waals surface area contributed by atoms with Crippen LogP contribution in [0.1, 0.15) is 44.9 Å². The molecule has 0 aliphatic carbocycles. The van der Waals surface area contributed by atoms with Gasteiger partial charge in [-0.15, -0.1) is 3.89 Å². The summed E-state index contributed by atoms with van der Waals surface area (Å²) < 4.78 is 23.7. The molecule has 1 aromatic rings. The van der Waals surface area contributed by atoms with E-state index in [1.54, 1.807) is 13.8 Å². The van der Waals surface area contributed by atoms with Crippen LogP contribution in [-0.2, 0) is 16.6 Å². The van der Waals surface area contributed by atoms with Crippen molar-refractivity contribution in [2.75, 3.05) is 0 Å². The van der Waals surface area contributed by atoms with Gasteiger partial charge in [-0.1, -0.05) is 40.3 Å². The van der Waals surface area contributed by atoms with Crippen LogP contribution in [0.25, 0.3) is 0 Å². The Labute approximate surface area is 101 Å². The van der Waals surface area contributed by atoms with E-state index in [-0.39, 0.29) is 12.8 Å². The predicted molar refractivity (Wildman–Crippen MR) is 68.9 cm³/mol. The van der Waals surface area contributed by atoms with Gasteiger partial charge in [-0.2, -0.15) is 0 Å². The molecule has 0 aliphatic heterocycles. The highest BCUT2D eigenvalue weighted by Crippen LogP contribution is 2.28. The maximum Gasteiger partial charge on any atom is 0.231 e. The summed E-state index contributed by atoms with van der Waals surface area (Å²) in [6.07, 6.45) is 0. The minimum Gasteiger partial charge on any atom is -0.219 e. The van der Waals surface area contributed by atoms with Crippen LogP contribution in [-0.4, -0.2) is 4.21 Å². The van der Waals surface area contributed by atoms with Crippen molar-refractivity contribution in [3.05, 3.63) is 28.8 Å². The Kier molecular flexibility index (Phi) is 4.86. The molecule has 0 saturated carbocycles. The third kappa shape index (κ3) is 3.14. The van der Waals surface area contributed by atoms with E-state index < -0.39 is 11.2 Å². The van der Waals surface area contributed by atoms with Gasteiger partial charge < -0.3 is 0 Å². The molecule has 1 atom stereocenters. The fourth-order valence-corrected chi connectivity index (χ4v) is 2.26. The van der Waals surface area contributed by atoms with E-state index in [0.717, 1.165) is 16.7 Å². The summed E-state index contributed by atoms with van der Waals surface area (Å²) in [4.78, 5) is 0.322. The number of hydrogen-bond donors (Lipinski definition) is 0. The van der Waals surface area contributed by atoms with E-state index in [2.05, 4.69) is 20.8 Å². The lowest BCUT2D eigenvalue weighted by atomic mass is 9.85. The van der Waals surface area contributed by atoms with Crippen molar-refractivity contribution >= 4 is 11.2 Å². The van der Waals surface area contributed by atoms with Gasteiger partial charge >= 0.3 is 0 Å². The lowest BCUT2D eigenvalue weighted by Gasteiger charge is -2.21. The third-order valence-electron chi connectivity index (χ3n) is 2.49. The highest BCUT2D eigenvalue weighted by Gasteiger charge is 2.18. The van der Waals surface area contributed by atoms with E-state index >= 15 is 0 Å². The predicted octanol–water partition coefficient (Wildman–Crippen LogP) is 4.23. The maximum absolute atomic E-state index is 12.9. The zero-order chi connectivity index (χ0) is 11.8. The zero-order valence-electron chi connectivity index (χ0n) is 9.85. The Balaban J connectivity index is 0.00000225. The van der Waals surface area contributed by atoms with Gasteiger partial charge in [0.05, 0.1) is 4.90 Å². The SMILES string of the molecule is C.Cc1cc(C(C)(C)C)cc(C)c1S(=O)F. The summed E-state index contributed by atoms with van der Waals surface area (Å²) in [5.41, 5.74) is 2.71. The van der Waals surface area contributed by atoms with Crippen LogP contribution in [0.15, 0.2) is 17.0 Å². The van der Waals surface area contributed by atoms with Crippen molar-refractivity contribution in [3.8, 4) is 0 Å². The van der Waals surface area contributed by atoms with Crippen molar-refractivity contribution in [3.63, 3.8) is 0 Å². The molecular weight excluding hydrogens is 223 g/mol. The highest BCUT2D eigenvalue weighted by molar-refractivity contribution is 7.80. The first-order valence-electron chi connectivity index (χ1n) is 4.93. The molecule has 0 saturated heterocycles. The summed E-state index contributed by atoms with van der Waals surface area (Å²) >= 11 is -2.39. The molecule has 1 aromatic carbocycles. The van der Waals surface area contributed by atoms with Crippen molar-refractivity contribution < 1.29 is 8.09 Å². The molecule has 1 nitrogen and oxygen atoms in total. The van der Waals surface area contributed by atoms with Crippen molar-refractivity contribution in [1.29, 1.82) is 0 Å². The average molecular weight is 244 g/mol. The first kappa shape index (κ1) is 15.3. The molecule has 0 aliphatic rings. The maximum atomic E-state index is 12.9. The van der Waals surface area contributed by atoms with Gasteiger partial charge in [0.1, 0.15) is 0 Å². The number of benzene rings is 1. The second kappa shape index (κ2) is 5.09. The van der Waals surface area contributed by atoms with E-state index in [1.165, 1.54) is 0 Å². The molecular formula is C13H21FOS. The largest absolute Gasteiger partial charge is 0.231 e. The Morgan fingerprint density at radius 3 is 1.75 bits per heavy atom. The summed E-state index contributed by atoms with van der Waals surface area (Å²) in [5, 5.41) is 0. The molecule has 16 heavy (non-hydrogen) atoms. The van der Waals surface area contributed by atoms with E-state index in [0.29, 0.717) is 4.90 Å². The summed E-state index contributed by atoms with van der Waals surface area (Å²) in [5.74, 6) is 0. The molecule has 0 spiro atoms. The smallest absolute Gasteiger partial charge is 0.219 e. The number of halogens is 1. The molecule has 92 valence electrons. The normalized spacial score (nSPS) is 13.1. The van der Waals surface area contributed by atoms with Crippen LogP contribution >= 0.6 is 0 Å². The molecule has 0 amide bonds. The molecule has 0 aromatic heterocycles. The van der Waals surface area contributed by atoms with Gasteiger partial charge in [0.2, 0.25) is 11.2 Å². The Morgan fingerprint density at radius 2 is 1.50 bits per heavy atom. The standard InChI is InChI=1S/C12H17FOS.CH4/c1-8-6-10(12(3,4)5)7-9(2)11(8)15(13)14;/h6-7H,1-5H3;1H4. The van der Waals surface area contributed by atoms with Crippen LogP contribution in [0.2, 0.25) is 0 Å². The molecule has 3 heteroatoms. The van der Waals surface area contributed by atoms with Crippen molar-refractivity contribution in [2.45, 2.75) is 52.4 Å². The van der Waals surface area contributed by atoms with Crippen LogP contribution in [0, 0.1) is 13.8 Å². The third-order valence-corrected chi connectivity index (χ3v) is 3.45. The van der Waals surface area contributed by atoms with E-state index in [1.807, 2.05) is 12.1 Å². The molecule has 0 radical (unpaired) electrons. The summed E-state index contributed by atoms with van der Waals surface area (Å²) in [6, 6.07) is 3.83. The molecule has 0 bridgehead atoms. The first-order chi connectivity index (χ1) is 6.73. The van der Waals surface area contributed by atoms with Crippen molar-refractivity contribution in [2.24, 2.45) is 0 Å². The molecule has 0 heterocycles. The van der Waals surface area contributed by atoms with Gasteiger partial charge in [0.15, 0.2) is 0 Å². The fourth-order valence-electron chi connectivity index (χ4n) is 1.64. The Morgan fingerprint density at radius 1 is 1.12 bits per heavy atom. The summed E-state index contributed by atoms with van der Waals surface area (Å²) in [7, 11) is 0. The van der Waals surface area contributed by atoms with Gasteiger partial charge in [-0.25, -0.2) is 4.21 Å². The van der Waals surface area contributed by atoms with Crippen LogP contribution in [0.4, 0.5) is 3.89 Å². The van der Waals surface area contributed by atoms with E-state index in [9.17, 15) is 8.09 Å². The Hall–Kier alpha value is -0.700. The summed E-state index contributed by atoms with van der Waals surface area (Å²) in [6.45, 7) is 9.91. The Bertz CT molecular complexity index is 382. The minimum absolute atomic E-state index is 0. The van der Waals surface area contributed by atoms with Gasteiger partial charge in [-0.05, 0) is 36.0 Å². The second-order valence-electron chi connectivity index (χ2n) is 4.91. The van der Waals surface area contributed by atoms with Gasteiger partial charge in [-0.3, -0.25) is 0 Å². The van der Waals surface area contributed by atoms with Gasteiger partial charge in [0.25, 0.3) is 0 Å². The minimum atomic E-state index is -2.39. The number of rotatable bonds is 1. The topological polar surface area (TPSA) is 17.1 Å². The lowest BCUT2D eigenvalue weighted by molar-refractivity contribution is 0.587. The first-order valence-corrected chi connectivity index (χ1v) is 5.98. The van der Waals surface area contributed by atoms with Gasteiger partial charge in [0, 0.05) is 0 Å². The zero-order valence-corrected chi connectivity index (χ0v) is 10.7. The lowest BCUT2D eigenvalue weighted by Crippen LogP contribution is -2.12.